The van der Waals surface area contributed by atoms with Crippen molar-refractivity contribution in [3.63, 3.8) is 0 Å². The number of hydrogen-bond donors (Lipinski definition) is 1. The minimum absolute atomic E-state index is 0.203. The van der Waals surface area contributed by atoms with E-state index in [0.717, 1.165) is 12.8 Å². The van der Waals surface area contributed by atoms with Crippen LogP contribution >= 0.6 is 0 Å². The van der Waals surface area contributed by atoms with Crippen LogP contribution in [0.1, 0.15) is 45.2 Å². The number of benzene rings is 1. The summed E-state index contributed by atoms with van der Waals surface area (Å²) in [5.41, 5.74) is 2.77. The summed E-state index contributed by atoms with van der Waals surface area (Å²) in [5, 5.41) is 9.54. The lowest BCUT2D eigenvalue weighted by molar-refractivity contribution is 0.171. The SMILES string of the molecule is CCC(O)Cc1ccc(C(C)(C)C)cc1. The van der Waals surface area contributed by atoms with Gasteiger partial charge < -0.3 is 5.11 Å². The van der Waals surface area contributed by atoms with Crippen molar-refractivity contribution in [2.75, 3.05) is 0 Å². The Morgan fingerprint density at radius 3 is 2.07 bits per heavy atom. The molecule has 0 radical (unpaired) electrons. The van der Waals surface area contributed by atoms with Crippen LogP contribution in [0.4, 0.5) is 0 Å². The van der Waals surface area contributed by atoms with Crippen LogP contribution in [0.2, 0.25) is 0 Å². The molecule has 1 heteroatoms. The molecule has 0 aromatic heterocycles. The Balaban J connectivity index is 2.73. The second-order valence-electron chi connectivity index (χ2n) is 5.21. The molecule has 15 heavy (non-hydrogen) atoms. The Labute approximate surface area is 93.1 Å². The van der Waals surface area contributed by atoms with Crippen molar-refractivity contribution >= 4 is 0 Å². The molecular weight excluding hydrogens is 184 g/mol. The average molecular weight is 206 g/mol. The van der Waals surface area contributed by atoms with Crippen LogP contribution in [-0.4, -0.2) is 11.2 Å². The van der Waals surface area contributed by atoms with E-state index in [1.807, 2.05) is 6.92 Å². The third kappa shape index (κ3) is 3.67. The summed E-state index contributed by atoms with van der Waals surface area (Å²) in [7, 11) is 0. The summed E-state index contributed by atoms with van der Waals surface area (Å²) in [6, 6.07) is 8.58. The molecule has 0 aliphatic carbocycles. The summed E-state index contributed by atoms with van der Waals surface area (Å²) >= 11 is 0. The van der Waals surface area contributed by atoms with Crippen molar-refractivity contribution in [3.05, 3.63) is 35.4 Å². The third-order valence-corrected chi connectivity index (χ3v) is 2.76. The van der Waals surface area contributed by atoms with E-state index in [4.69, 9.17) is 0 Å². The van der Waals surface area contributed by atoms with Gasteiger partial charge in [0, 0.05) is 0 Å². The highest BCUT2D eigenvalue weighted by Crippen LogP contribution is 2.22. The van der Waals surface area contributed by atoms with Crippen LogP contribution in [0.3, 0.4) is 0 Å². The van der Waals surface area contributed by atoms with Gasteiger partial charge in [0.25, 0.3) is 0 Å². The lowest BCUT2D eigenvalue weighted by Crippen LogP contribution is -2.12. The van der Waals surface area contributed by atoms with Gasteiger partial charge >= 0.3 is 0 Å². The van der Waals surface area contributed by atoms with Crippen LogP contribution in [0, 0.1) is 0 Å². The van der Waals surface area contributed by atoms with Gasteiger partial charge in [-0.05, 0) is 29.4 Å². The molecule has 1 atom stereocenters. The Morgan fingerprint density at radius 2 is 1.67 bits per heavy atom. The molecule has 1 unspecified atom stereocenters. The van der Waals surface area contributed by atoms with Gasteiger partial charge in [-0.2, -0.15) is 0 Å². The number of aliphatic hydroxyl groups excluding tert-OH is 1. The van der Waals surface area contributed by atoms with Gasteiger partial charge in [-0.1, -0.05) is 52.0 Å². The fourth-order valence-electron chi connectivity index (χ4n) is 1.56. The van der Waals surface area contributed by atoms with Gasteiger partial charge in [-0.25, -0.2) is 0 Å². The molecule has 0 spiro atoms. The summed E-state index contributed by atoms with van der Waals surface area (Å²) < 4.78 is 0. The molecule has 1 nitrogen and oxygen atoms in total. The van der Waals surface area contributed by atoms with Crippen molar-refractivity contribution in [2.24, 2.45) is 0 Å². The molecule has 1 N–H and O–H groups in total. The molecule has 1 aromatic carbocycles. The number of rotatable bonds is 3. The Kier molecular flexibility index (Phi) is 3.92. The Hall–Kier alpha value is -0.820. The maximum Gasteiger partial charge on any atom is 0.0577 e. The minimum atomic E-state index is -0.203. The minimum Gasteiger partial charge on any atom is -0.393 e. The van der Waals surface area contributed by atoms with Crippen molar-refractivity contribution in [1.29, 1.82) is 0 Å². The quantitative estimate of drug-likeness (QED) is 0.804. The van der Waals surface area contributed by atoms with Crippen LogP contribution < -0.4 is 0 Å². The van der Waals surface area contributed by atoms with Crippen LogP contribution in [-0.2, 0) is 11.8 Å². The van der Waals surface area contributed by atoms with Gasteiger partial charge in [0.15, 0.2) is 0 Å². The second kappa shape index (κ2) is 4.80. The van der Waals surface area contributed by atoms with E-state index in [-0.39, 0.29) is 11.5 Å². The van der Waals surface area contributed by atoms with E-state index < -0.39 is 0 Å². The van der Waals surface area contributed by atoms with Crippen molar-refractivity contribution < 1.29 is 5.11 Å². The Morgan fingerprint density at radius 1 is 1.13 bits per heavy atom. The molecule has 84 valence electrons. The highest BCUT2D eigenvalue weighted by atomic mass is 16.3. The van der Waals surface area contributed by atoms with Gasteiger partial charge in [-0.15, -0.1) is 0 Å². The fourth-order valence-corrected chi connectivity index (χ4v) is 1.56. The summed E-state index contributed by atoms with van der Waals surface area (Å²) in [6.07, 6.45) is 1.38. The zero-order valence-corrected chi connectivity index (χ0v) is 10.2. The smallest absolute Gasteiger partial charge is 0.0577 e. The zero-order valence-electron chi connectivity index (χ0n) is 10.2. The molecule has 0 aliphatic heterocycles. The molecule has 1 aromatic rings. The monoisotopic (exact) mass is 206 g/mol. The predicted molar refractivity (Wildman–Crippen MR) is 65.1 cm³/mol. The molecule has 0 fully saturated rings. The van der Waals surface area contributed by atoms with Gasteiger partial charge in [0.1, 0.15) is 0 Å². The molecule has 0 bridgehead atoms. The molecule has 1 rings (SSSR count). The van der Waals surface area contributed by atoms with E-state index in [0.29, 0.717) is 0 Å². The topological polar surface area (TPSA) is 20.2 Å². The van der Waals surface area contributed by atoms with Crippen LogP contribution in [0.5, 0.6) is 0 Å². The third-order valence-electron chi connectivity index (χ3n) is 2.76. The number of aliphatic hydroxyl groups is 1. The maximum atomic E-state index is 9.54. The van der Waals surface area contributed by atoms with Crippen molar-refractivity contribution in [1.82, 2.24) is 0 Å². The zero-order chi connectivity index (χ0) is 11.5. The maximum absolute atomic E-state index is 9.54. The highest BCUT2D eigenvalue weighted by molar-refractivity contribution is 5.27. The Bertz CT molecular complexity index is 292. The summed E-state index contributed by atoms with van der Waals surface area (Å²) in [5.74, 6) is 0. The first-order chi connectivity index (χ1) is 6.93. The second-order valence-corrected chi connectivity index (χ2v) is 5.21. The average Bonchev–Trinajstić information content (AvgIpc) is 2.17. The van der Waals surface area contributed by atoms with Crippen molar-refractivity contribution in [2.45, 2.75) is 52.1 Å². The largest absolute Gasteiger partial charge is 0.393 e. The predicted octanol–water partition coefficient (Wildman–Crippen LogP) is 3.30. The van der Waals surface area contributed by atoms with E-state index in [1.54, 1.807) is 0 Å². The number of hydrogen-bond acceptors (Lipinski definition) is 1. The first-order valence-electron chi connectivity index (χ1n) is 5.71. The first kappa shape index (κ1) is 12.3. The molecule has 0 aliphatic rings. The lowest BCUT2D eigenvalue weighted by atomic mass is 9.86. The molecule has 0 amide bonds. The van der Waals surface area contributed by atoms with Crippen LogP contribution in [0.25, 0.3) is 0 Å². The van der Waals surface area contributed by atoms with Gasteiger partial charge in [-0.3, -0.25) is 0 Å². The standard InChI is InChI=1S/C14H22O/c1-5-13(15)10-11-6-8-12(9-7-11)14(2,3)4/h6-9,13,15H,5,10H2,1-4H3. The van der Waals surface area contributed by atoms with Crippen LogP contribution in [0.15, 0.2) is 24.3 Å². The molecule has 0 heterocycles. The molecule has 0 saturated carbocycles. The van der Waals surface area contributed by atoms with Crippen molar-refractivity contribution in [3.8, 4) is 0 Å². The summed E-state index contributed by atoms with van der Waals surface area (Å²) in [6.45, 7) is 8.64. The van der Waals surface area contributed by atoms with E-state index in [1.165, 1.54) is 11.1 Å². The lowest BCUT2D eigenvalue weighted by Gasteiger charge is -2.19. The highest BCUT2D eigenvalue weighted by Gasteiger charge is 2.13. The summed E-state index contributed by atoms with van der Waals surface area (Å²) in [4.78, 5) is 0. The molecule has 0 saturated heterocycles. The van der Waals surface area contributed by atoms with E-state index in [2.05, 4.69) is 45.0 Å². The van der Waals surface area contributed by atoms with Gasteiger partial charge in [0.05, 0.1) is 6.10 Å². The van der Waals surface area contributed by atoms with Gasteiger partial charge in [0.2, 0.25) is 0 Å². The van der Waals surface area contributed by atoms with E-state index in [9.17, 15) is 5.11 Å². The first-order valence-corrected chi connectivity index (χ1v) is 5.71. The van der Waals surface area contributed by atoms with E-state index >= 15 is 0 Å². The fraction of sp³-hybridized carbons (Fsp3) is 0.571. The molecular formula is C14H22O. The normalized spacial score (nSPS) is 13.9.